The molecule has 2 fully saturated rings. The number of pyridine rings is 1. The molecule has 0 spiro atoms. The standard InChI is InChI=1S/C26H26F3N5O3/c27-26(28,29)21-12-18(5-6-23(21)37-16-17-3-4-17)22-13-20(15-32-33-22)25(35)31-14-19-2-1-7-30-24(19)34-8-10-36-11-9-34/h1-2,5-7,12-13,15,17H,3-4,8-11,14,16H2,(H,31,35). The molecule has 1 aliphatic heterocycles. The van der Waals surface area contributed by atoms with Gasteiger partial charge in [-0.25, -0.2) is 4.98 Å². The van der Waals surface area contributed by atoms with E-state index in [-0.39, 0.29) is 35.7 Å². The van der Waals surface area contributed by atoms with Crippen molar-refractivity contribution in [3.63, 3.8) is 0 Å². The Morgan fingerprint density at radius 3 is 2.73 bits per heavy atom. The quantitative estimate of drug-likeness (QED) is 0.485. The van der Waals surface area contributed by atoms with Crippen LogP contribution in [0, 0.1) is 5.92 Å². The van der Waals surface area contributed by atoms with Crippen LogP contribution in [-0.4, -0.2) is 54.0 Å². The van der Waals surface area contributed by atoms with Gasteiger partial charge < -0.3 is 19.7 Å². The van der Waals surface area contributed by atoms with Crippen LogP contribution in [0.15, 0.2) is 48.8 Å². The molecule has 0 bridgehead atoms. The lowest BCUT2D eigenvalue weighted by Gasteiger charge is -2.29. The van der Waals surface area contributed by atoms with Crippen molar-refractivity contribution in [1.82, 2.24) is 20.5 Å². The predicted octanol–water partition coefficient (Wildman–Crippen LogP) is 4.11. The molecule has 1 amide bonds. The predicted molar refractivity (Wildman–Crippen MR) is 129 cm³/mol. The van der Waals surface area contributed by atoms with Crippen LogP contribution in [0.25, 0.3) is 11.3 Å². The van der Waals surface area contributed by atoms with Crippen LogP contribution in [-0.2, 0) is 17.5 Å². The minimum atomic E-state index is -4.60. The molecule has 3 heterocycles. The minimum absolute atomic E-state index is 0.155. The summed E-state index contributed by atoms with van der Waals surface area (Å²) in [5.41, 5.74) is 0.493. The first-order valence-corrected chi connectivity index (χ1v) is 12.1. The number of amides is 1. The van der Waals surface area contributed by atoms with Gasteiger partial charge in [-0.2, -0.15) is 23.4 Å². The molecule has 3 aromatic rings. The molecule has 1 aromatic carbocycles. The normalized spacial score (nSPS) is 15.9. The first kappa shape index (κ1) is 24.9. The summed E-state index contributed by atoms with van der Waals surface area (Å²) in [5, 5.41) is 10.7. The second-order valence-electron chi connectivity index (χ2n) is 9.06. The van der Waals surface area contributed by atoms with Gasteiger partial charge in [-0.15, -0.1) is 0 Å². The number of carbonyl (C=O) groups excluding carboxylic acids is 1. The molecule has 194 valence electrons. The van der Waals surface area contributed by atoms with E-state index >= 15 is 0 Å². The number of halogens is 3. The molecule has 8 nitrogen and oxygen atoms in total. The maximum atomic E-state index is 13.7. The Bertz CT molecular complexity index is 1260. The van der Waals surface area contributed by atoms with Crippen molar-refractivity contribution in [3.8, 4) is 17.0 Å². The van der Waals surface area contributed by atoms with Crippen LogP contribution < -0.4 is 15.0 Å². The highest BCUT2D eigenvalue weighted by atomic mass is 19.4. The number of benzene rings is 1. The lowest BCUT2D eigenvalue weighted by atomic mass is 10.1. The van der Waals surface area contributed by atoms with Gasteiger partial charge in [0.25, 0.3) is 5.91 Å². The van der Waals surface area contributed by atoms with Crippen molar-refractivity contribution in [2.24, 2.45) is 5.92 Å². The Morgan fingerprint density at radius 2 is 1.97 bits per heavy atom. The van der Waals surface area contributed by atoms with Crippen molar-refractivity contribution in [2.75, 3.05) is 37.8 Å². The van der Waals surface area contributed by atoms with E-state index in [1.807, 2.05) is 6.07 Å². The number of ether oxygens (including phenoxy) is 2. The summed E-state index contributed by atoms with van der Waals surface area (Å²) < 4.78 is 52.0. The fraction of sp³-hybridized carbons (Fsp3) is 0.385. The minimum Gasteiger partial charge on any atom is -0.493 e. The molecule has 37 heavy (non-hydrogen) atoms. The average Bonchev–Trinajstić information content (AvgIpc) is 3.75. The zero-order valence-corrected chi connectivity index (χ0v) is 20.0. The molecule has 0 unspecified atom stereocenters. The van der Waals surface area contributed by atoms with Gasteiger partial charge in [0.05, 0.1) is 42.8 Å². The summed E-state index contributed by atoms with van der Waals surface area (Å²) in [6, 6.07) is 8.89. The molecule has 2 aliphatic rings. The zero-order chi connectivity index (χ0) is 25.8. The van der Waals surface area contributed by atoms with Crippen LogP contribution in [0.3, 0.4) is 0 Å². The second-order valence-corrected chi connectivity index (χ2v) is 9.06. The maximum Gasteiger partial charge on any atom is 0.419 e. The van der Waals surface area contributed by atoms with Crippen LogP contribution in [0.5, 0.6) is 5.75 Å². The molecule has 1 N–H and O–H groups in total. The van der Waals surface area contributed by atoms with Gasteiger partial charge in [0, 0.05) is 37.0 Å². The van der Waals surface area contributed by atoms with Crippen molar-refractivity contribution < 1.29 is 27.4 Å². The van der Waals surface area contributed by atoms with E-state index < -0.39 is 17.6 Å². The van der Waals surface area contributed by atoms with Crippen molar-refractivity contribution in [3.05, 3.63) is 65.5 Å². The number of morpholine rings is 1. The number of carbonyl (C=O) groups is 1. The lowest BCUT2D eigenvalue weighted by Crippen LogP contribution is -2.37. The molecule has 0 radical (unpaired) electrons. The third kappa shape index (κ3) is 6.16. The van der Waals surface area contributed by atoms with E-state index in [0.717, 1.165) is 30.3 Å². The second kappa shape index (κ2) is 10.7. The van der Waals surface area contributed by atoms with Crippen LogP contribution in [0.4, 0.5) is 19.0 Å². The Labute approximate surface area is 211 Å². The number of nitrogens with zero attached hydrogens (tertiary/aromatic N) is 4. The first-order chi connectivity index (χ1) is 17.9. The van der Waals surface area contributed by atoms with Crippen LogP contribution in [0.1, 0.15) is 34.3 Å². The molecular weight excluding hydrogens is 487 g/mol. The number of anilines is 1. The molecular formula is C26H26F3N5O3. The summed E-state index contributed by atoms with van der Waals surface area (Å²) in [6.45, 7) is 3.12. The van der Waals surface area contributed by atoms with E-state index in [2.05, 4.69) is 25.4 Å². The van der Waals surface area contributed by atoms with Gasteiger partial charge in [-0.3, -0.25) is 4.79 Å². The van der Waals surface area contributed by atoms with E-state index in [0.29, 0.717) is 32.2 Å². The molecule has 11 heteroatoms. The first-order valence-electron chi connectivity index (χ1n) is 12.1. The molecule has 1 aliphatic carbocycles. The number of alkyl halides is 3. The van der Waals surface area contributed by atoms with Gasteiger partial charge >= 0.3 is 6.18 Å². The number of aromatic nitrogens is 3. The fourth-order valence-electron chi connectivity index (χ4n) is 4.07. The monoisotopic (exact) mass is 513 g/mol. The van der Waals surface area contributed by atoms with Crippen LogP contribution >= 0.6 is 0 Å². The maximum absolute atomic E-state index is 13.7. The molecule has 1 saturated carbocycles. The van der Waals surface area contributed by atoms with Crippen molar-refractivity contribution in [2.45, 2.75) is 25.6 Å². The molecule has 0 atom stereocenters. The molecule has 1 saturated heterocycles. The number of hydrogen-bond acceptors (Lipinski definition) is 7. The Kier molecular flexibility index (Phi) is 7.22. The number of rotatable bonds is 8. The highest BCUT2D eigenvalue weighted by Crippen LogP contribution is 2.39. The number of hydrogen-bond donors (Lipinski definition) is 1. The summed E-state index contributed by atoms with van der Waals surface area (Å²) in [6.07, 6.45) is 0.326. The van der Waals surface area contributed by atoms with E-state index in [9.17, 15) is 18.0 Å². The largest absolute Gasteiger partial charge is 0.493 e. The van der Waals surface area contributed by atoms with Crippen molar-refractivity contribution in [1.29, 1.82) is 0 Å². The van der Waals surface area contributed by atoms with Crippen LogP contribution in [0.2, 0.25) is 0 Å². The zero-order valence-electron chi connectivity index (χ0n) is 20.0. The summed E-state index contributed by atoms with van der Waals surface area (Å²) >= 11 is 0. The summed E-state index contributed by atoms with van der Waals surface area (Å²) in [4.78, 5) is 19.5. The van der Waals surface area contributed by atoms with Gasteiger partial charge in [-0.1, -0.05) is 6.07 Å². The van der Waals surface area contributed by atoms with Gasteiger partial charge in [0.1, 0.15) is 11.6 Å². The highest BCUT2D eigenvalue weighted by Gasteiger charge is 2.35. The number of nitrogens with one attached hydrogen (secondary N) is 1. The topological polar surface area (TPSA) is 89.5 Å². The smallest absolute Gasteiger partial charge is 0.419 e. The molecule has 5 rings (SSSR count). The van der Waals surface area contributed by atoms with Gasteiger partial charge in [0.2, 0.25) is 0 Å². The van der Waals surface area contributed by atoms with E-state index in [1.165, 1.54) is 24.4 Å². The fourth-order valence-corrected chi connectivity index (χ4v) is 4.07. The summed E-state index contributed by atoms with van der Waals surface area (Å²) in [5.74, 6) is 0.465. The SMILES string of the molecule is O=C(NCc1cccnc1N1CCOCC1)c1cnnc(-c2ccc(OCC3CC3)c(C(F)(F)F)c2)c1. The van der Waals surface area contributed by atoms with Gasteiger partial charge in [0.15, 0.2) is 0 Å². The Morgan fingerprint density at radius 1 is 1.16 bits per heavy atom. The molecule has 2 aromatic heterocycles. The van der Waals surface area contributed by atoms with Crippen molar-refractivity contribution >= 4 is 11.7 Å². The summed E-state index contributed by atoms with van der Waals surface area (Å²) in [7, 11) is 0. The third-order valence-corrected chi connectivity index (χ3v) is 6.29. The third-order valence-electron chi connectivity index (χ3n) is 6.29. The Hall–Kier alpha value is -3.73. The Balaban J connectivity index is 1.31. The van der Waals surface area contributed by atoms with E-state index in [1.54, 1.807) is 12.3 Å². The van der Waals surface area contributed by atoms with E-state index in [4.69, 9.17) is 9.47 Å². The lowest BCUT2D eigenvalue weighted by molar-refractivity contribution is -0.138. The van der Waals surface area contributed by atoms with Gasteiger partial charge in [-0.05, 0) is 49.1 Å². The average molecular weight is 514 g/mol. The highest BCUT2D eigenvalue weighted by molar-refractivity contribution is 5.94.